The minimum absolute atomic E-state index is 0.130. The van der Waals surface area contributed by atoms with E-state index in [4.69, 9.17) is 0 Å². The molecule has 1 amide bonds. The summed E-state index contributed by atoms with van der Waals surface area (Å²) in [4.78, 5) is 22.3. The van der Waals surface area contributed by atoms with Crippen LogP contribution in [-0.2, 0) is 11.3 Å². The summed E-state index contributed by atoms with van der Waals surface area (Å²) >= 11 is 1.50. The van der Waals surface area contributed by atoms with Gasteiger partial charge in [0, 0.05) is 32.7 Å². The fourth-order valence-corrected chi connectivity index (χ4v) is 4.95. The molecule has 0 aliphatic carbocycles. The highest BCUT2D eigenvalue weighted by Gasteiger charge is 2.28. The standard InChI is InChI=1S/C25H23N3OS/c29-24-23(17-21-11-6-10-20-9-4-5-12-22(20)21)30-25(26-24)28-15-13-27(14-16-28)18-19-7-2-1-3-8-19/h1-12,17H,13-16,18H2/b23-17-. The fraction of sp³-hybridized carbons (Fsp3) is 0.200. The van der Waals surface area contributed by atoms with Gasteiger partial charge >= 0.3 is 0 Å². The van der Waals surface area contributed by atoms with Gasteiger partial charge in [-0.3, -0.25) is 9.69 Å². The highest BCUT2D eigenvalue weighted by molar-refractivity contribution is 8.18. The van der Waals surface area contributed by atoms with Gasteiger partial charge < -0.3 is 4.90 Å². The summed E-state index contributed by atoms with van der Waals surface area (Å²) in [5.74, 6) is -0.130. The maximum absolute atomic E-state index is 12.6. The lowest BCUT2D eigenvalue weighted by molar-refractivity contribution is -0.113. The summed E-state index contributed by atoms with van der Waals surface area (Å²) < 4.78 is 0. The molecule has 1 fully saturated rings. The number of rotatable bonds is 3. The van der Waals surface area contributed by atoms with E-state index in [9.17, 15) is 4.79 Å². The van der Waals surface area contributed by atoms with Crippen LogP contribution < -0.4 is 0 Å². The van der Waals surface area contributed by atoms with Crippen LogP contribution in [0.2, 0.25) is 0 Å². The van der Waals surface area contributed by atoms with E-state index in [1.807, 2.05) is 24.3 Å². The van der Waals surface area contributed by atoms with Crippen LogP contribution >= 0.6 is 11.8 Å². The predicted molar refractivity (Wildman–Crippen MR) is 125 cm³/mol. The normalized spacial score (nSPS) is 18.9. The zero-order valence-corrected chi connectivity index (χ0v) is 17.5. The van der Waals surface area contributed by atoms with Crippen LogP contribution in [-0.4, -0.2) is 47.1 Å². The number of fused-ring (bicyclic) bond motifs is 1. The number of nitrogens with zero attached hydrogens (tertiary/aromatic N) is 3. The van der Waals surface area contributed by atoms with Crippen LogP contribution in [0.15, 0.2) is 82.7 Å². The first-order chi connectivity index (χ1) is 14.8. The minimum Gasteiger partial charge on any atom is -0.348 e. The first-order valence-electron chi connectivity index (χ1n) is 10.3. The molecule has 2 aliphatic rings. The maximum atomic E-state index is 12.6. The van der Waals surface area contributed by atoms with Crippen molar-refractivity contribution in [2.24, 2.45) is 4.99 Å². The topological polar surface area (TPSA) is 35.9 Å². The van der Waals surface area contributed by atoms with Crippen LogP contribution in [0.25, 0.3) is 16.8 Å². The third kappa shape index (κ3) is 4.04. The molecule has 3 aromatic carbocycles. The number of benzene rings is 3. The second kappa shape index (κ2) is 8.46. The third-order valence-electron chi connectivity index (χ3n) is 5.61. The maximum Gasteiger partial charge on any atom is 0.286 e. The van der Waals surface area contributed by atoms with E-state index in [1.165, 1.54) is 22.7 Å². The molecule has 0 aromatic heterocycles. The number of hydrogen-bond acceptors (Lipinski definition) is 4. The van der Waals surface area contributed by atoms with Gasteiger partial charge in [-0.25, -0.2) is 0 Å². The Labute approximate surface area is 180 Å². The summed E-state index contributed by atoms with van der Waals surface area (Å²) in [6, 6.07) is 25.0. The van der Waals surface area contributed by atoms with Gasteiger partial charge in [-0.05, 0) is 39.7 Å². The SMILES string of the molecule is O=C1N=C(N2CCN(Cc3ccccc3)CC2)S/C1=C\c1cccc2ccccc12. The molecule has 0 spiro atoms. The predicted octanol–water partition coefficient (Wildman–Crippen LogP) is 4.63. The van der Waals surface area contributed by atoms with Gasteiger partial charge in [-0.15, -0.1) is 0 Å². The van der Waals surface area contributed by atoms with Gasteiger partial charge in [-0.1, -0.05) is 72.8 Å². The molecule has 0 radical (unpaired) electrons. The largest absolute Gasteiger partial charge is 0.348 e. The molecular weight excluding hydrogens is 390 g/mol. The highest BCUT2D eigenvalue weighted by atomic mass is 32.2. The molecule has 150 valence electrons. The first kappa shape index (κ1) is 19.1. The molecule has 0 N–H and O–H groups in total. The molecule has 0 atom stereocenters. The number of hydrogen-bond donors (Lipinski definition) is 0. The third-order valence-corrected chi connectivity index (χ3v) is 6.66. The lowest BCUT2D eigenvalue weighted by Gasteiger charge is -2.35. The highest BCUT2D eigenvalue weighted by Crippen LogP contribution is 2.32. The quantitative estimate of drug-likeness (QED) is 0.587. The van der Waals surface area contributed by atoms with Gasteiger partial charge in [0.2, 0.25) is 0 Å². The Morgan fingerprint density at radius 1 is 0.867 bits per heavy atom. The van der Waals surface area contributed by atoms with E-state index >= 15 is 0 Å². The van der Waals surface area contributed by atoms with Crippen molar-refractivity contribution in [1.29, 1.82) is 0 Å². The molecule has 1 saturated heterocycles. The summed E-state index contributed by atoms with van der Waals surface area (Å²) in [5, 5.41) is 3.17. The number of carbonyl (C=O) groups is 1. The molecule has 30 heavy (non-hydrogen) atoms. The van der Waals surface area contributed by atoms with Crippen molar-refractivity contribution in [3.8, 4) is 0 Å². The van der Waals surface area contributed by atoms with E-state index in [0.29, 0.717) is 4.91 Å². The molecule has 0 bridgehead atoms. The minimum atomic E-state index is -0.130. The second-order valence-electron chi connectivity index (χ2n) is 7.63. The number of thioether (sulfide) groups is 1. The molecule has 3 aromatic rings. The Kier molecular flexibility index (Phi) is 5.39. The average molecular weight is 414 g/mol. The van der Waals surface area contributed by atoms with Crippen molar-refractivity contribution in [2.75, 3.05) is 26.2 Å². The van der Waals surface area contributed by atoms with Crippen LogP contribution in [0.4, 0.5) is 0 Å². The van der Waals surface area contributed by atoms with Gasteiger partial charge in [0.15, 0.2) is 5.17 Å². The van der Waals surface area contributed by atoms with Crippen molar-refractivity contribution >= 4 is 39.7 Å². The average Bonchev–Trinajstić information content (AvgIpc) is 3.15. The van der Waals surface area contributed by atoms with Crippen molar-refractivity contribution in [2.45, 2.75) is 6.54 Å². The molecular formula is C25H23N3OS. The molecule has 5 heteroatoms. The second-order valence-corrected chi connectivity index (χ2v) is 8.64. The van der Waals surface area contributed by atoms with Gasteiger partial charge in [0.1, 0.15) is 0 Å². The molecule has 2 aliphatic heterocycles. The summed E-state index contributed by atoms with van der Waals surface area (Å²) in [7, 11) is 0. The first-order valence-corrected chi connectivity index (χ1v) is 11.1. The number of amidine groups is 1. The van der Waals surface area contributed by atoms with E-state index in [-0.39, 0.29) is 5.91 Å². The smallest absolute Gasteiger partial charge is 0.286 e. The summed E-state index contributed by atoms with van der Waals surface area (Å²) in [6.07, 6.45) is 1.98. The van der Waals surface area contributed by atoms with E-state index in [2.05, 4.69) is 69.4 Å². The van der Waals surface area contributed by atoms with Crippen molar-refractivity contribution in [1.82, 2.24) is 9.80 Å². The number of amides is 1. The van der Waals surface area contributed by atoms with Crippen LogP contribution in [0.1, 0.15) is 11.1 Å². The number of carbonyl (C=O) groups excluding carboxylic acids is 1. The lowest BCUT2D eigenvalue weighted by atomic mass is 10.0. The van der Waals surface area contributed by atoms with Crippen LogP contribution in [0.3, 0.4) is 0 Å². The van der Waals surface area contributed by atoms with Gasteiger partial charge in [0.25, 0.3) is 5.91 Å². The zero-order chi connectivity index (χ0) is 20.3. The van der Waals surface area contributed by atoms with Crippen molar-refractivity contribution < 1.29 is 4.79 Å². The Bertz CT molecular complexity index is 1130. The number of piperazine rings is 1. The molecule has 2 heterocycles. The van der Waals surface area contributed by atoms with Crippen molar-refractivity contribution in [3.05, 3.63) is 88.8 Å². The van der Waals surface area contributed by atoms with Crippen LogP contribution in [0, 0.1) is 0 Å². The molecule has 0 unspecified atom stereocenters. The number of aliphatic imine (C=N–C) groups is 1. The lowest BCUT2D eigenvalue weighted by Crippen LogP contribution is -2.47. The van der Waals surface area contributed by atoms with Crippen LogP contribution in [0.5, 0.6) is 0 Å². The van der Waals surface area contributed by atoms with Crippen molar-refractivity contribution in [3.63, 3.8) is 0 Å². The fourth-order valence-electron chi connectivity index (χ4n) is 3.99. The van der Waals surface area contributed by atoms with E-state index in [0.717, 1.165) is 48.8 Å². The molecule has 4 nitrogen and oxygen atoms in total. The molecule has 5 rings (SSSR count). The Morgan fingerprint density at radius 2 is 1.60 bits per heavy atom. The Morgan fingerprint density at radius 3 is 2.43 bits per heavy atom. The van der Waals surface area contributed by atoms with E-state index < -0.39 is 0 Å². The monoisotopic (exact) mass is 413 g/mol. The molecule has 0 saturated carbocycles. The Balaban J connectivity index is 1.25. The van der Waals surface area contributed by atoms with E-state index in [1.54, 1.807) is 0 Å². The van der Waals surface area contributed by atoms with Gasteiger partial charge in [0.05, 0.1) is 4.91 Å². The summed E-state index contributed by atoms with van der Waals surface area (Å²) in [6.45, 7) is 4.72. The zero-order valence-electron chi connectivity index (χ0n) is 16.7. The Hall–Kier alpha value is -2.89. The summed E-state index contributed by atoms with van der Waals surface area (Å²) in [5.41, 5.74) is 2.40. The van der Waals surface area contributed by atoms with Gasteiger partial charge in [-0.2, -0.15) is 4.99 Å².